The number of halogens is 1. The molecule has 3 aromatic rings. The molecular weight excluding hydrogens is 482 g/mol. The van der Waals surface area contributed by atoms with Crippen LogP contribution in [0.5, 0.6) is 0 Å². The summed E-state index contributed by atoms with van der Waals surface area (Å²) in [4.78, 5) is 37.0. The molecule has 2 heterocycles. The number of hydrogen-bond acceptors (Lipinski definition) is 5. The van der Waals surface area contributed by atoms with Crippen LogP contribution < -0.4 is 10.3 Å². The molecule has 1 saturated carbocycles. The van der Waals surface area contributed by atoms with Gasteiger partial charge in [0.1, 0.15) is 11.5 Å². The number of nitrogens with one attached hydrogen (secondary N) is 1. The van der Waals surface area contributed by atoms with Crippen molar-refractivity contribution < 1.29 is 23.9 Å². The van der Waals surface area contributed by atoms with Gasteiger partial charge in [0, 0.05) is 24.2 Å². The van der Waals surface area contributed by atoms with E-state index >= 15 is 0 Å². The first kappa shape index (κ1) is 23.8. The van der Waals surface area contributed by atoms with E-state index in [4.69, 9.17) is 16.0 Å². The number of rotatable bonds is 8. The minimum Gasteiger partial charge on any atom is -0.478 e. The largest absolute Gasteiger partial charge is 0.478 e. The average molecular weight is 506 g/mol. The van der Waals surface area contributed by atoms with Crippen LogP contribution >= 0.6 is 11.6 Å². The Hall–Kier alpha value is -3.91. The molecule has 0 spiro atoms. The van der Waals surface area contributed by atoms with Crippen molar-refractivity contribution in [3.8, 4) is 11.3 Å². The third-order valence-electron chi connectivity index (χ3n) is 6.42. The van der Waals surface area contributed by atoms with E-state index in [1.165, 1.54) is 17.1 Å². The van der Waals surface area contributed by atoms with Gasteiger partial charge in [-0.2, -0.15) is 5.10 Å². The maximum atomic E-state index is 13.1. The van der Waals surface area contributed by atoms with E-state index in [-0.39, 0.29) is 17.4 Å². The highest BCUT2D eigenvalue weighted by Gasteiger charge is 2.35. The predicted molar refractivity (Wildman–Crippen MR) is 135 cm³/mol. The lowest BCUT2D eigenvalue weighted by Crippen LogP contribution is -2.28. The molecule has 1 atom stereocenters. The Morgan fingerprint density at radius 2 is 1.97 bits per heavy atom. The molecule has 1 unspecified atom stereocenters. The summed E-state index contributed by atoms with van der Waals surface area (Å²) in [5.74, 6) is -0.366. The Morgan fingerprint density at radius 1 is 1.17 bits per heavy atom. The first-order chi connectivity index (χ1) is 17.3. The summed E-state index contributed by atoms with van der Waals surface area (Å²) in [6.45, 7) is 2.41. The Kier molecular flexibility index (Phi) is 6.36. The number of hydrogen-bond donors (Lipinski definition) is 2. The number of carboxylic acids is 1. The van der Waals surface area contributed by atoms with Crippen LogP contribution in [0.15, 0.2) is 64.1 Å². The number of anilines is 1. The predicted octanol–water partition coefficient (Wildman–Crippen LogP) is 5.02. The number of carbonyl (C=O) groups excluding carboxylic acids is 2. The van der Waals surface area contributed by atoms with Crippen LogP contribution in [0.25, 0.3) is 11.3 Å². The lowest BCUT2D eigenvalue weighted by Gasteiger charge is -2.14. The van der Waals surface area contributed by atoms with Crippen LogP contribution in [-0.2, 0) is 11.2 Å². The molecule has 1 aromatic heterocycles. The second-order valence-electron chi connectivity index (χ2n) is 9.12. The second kappa shape index (κ2) is 9.62. The van der Waals surface area contributed by atoms with Gasteiger partial charge < -0.3 is 14.8 Å². The summed E-state index contributed by atoms with van der Waals surface area (Å²) in [6.07, 6.45) is 2.58. The van der Waals surface area contributed by atoms with Gasteiger partial charge in [0.25, 0.3) is 11.8 Å². The van der Waals surface area contributed by atoms with Crippen molar-refractivity contribution in [1.29, 1.82) is 0 Å². The van der Waals surface area contributed by atoms with Crippen LogP contribution in [0.1, 0.15) is 46.2 Å². The highest BCUT2D eigenvalue weighted by atomic mass is 35.5. The molecule has 2 aromatic carbocycles. The number of carboxylic acid groups (broad SMARTS) is 1. The van der Waals surface area contributed by atoms with Gasteiger partial charge in [-0.1, -0.05) is 17.7 Å². The normalized spacial score (nSPS) is 17.3. The van der Waals surface area contributed by atoms with Gasteiger partial charge in [-0.05, 0) is 74.2 Å². The van der Waals surface area contributed by atoms with Gasteiger partial charge in [0.05, 0.1) is 27.8 Å². The molecule has 2 aliphatic rings. The fourth-order valence-corrected chi connectivity index (χ4v) is 4.35. The van der Waals surface area contributed by atoms with Crippen molar-refractivity contribution in [3.63, 3.8) is 0 Å². The quantitative estimate of drug-likeness (QED) is 0.446. The zero-order valence-corrected chi connectivity index (χ0v) is 20.3. The highest BCUT2D eigenvalue weighted by Crippen LogP contribution is 2.31. The Bertz CT molecular complexity index is 1390. The van der Waals surface area contributed by atoms with Crippen LogP contribution in [0.4, 0.5) is 5.69 Å². The first-order valence-electron chi connectivity index (χ1n) is 11.7. The summed E-state index contributed by atoms with van der Waals surface area (Å²) in [5.41, 5.74) is 2.18. The molecule has 2 amide bonds. The Labute approximate surface area is 212 Å². The van der Waals surface area contributed by atoms with Crippen molar-refractivity contribution in [1.82, 2.24) is 5.32 Å². The molecule has 1 aliphatic carbocycles. The van der Waals surface area contributed by atoms with Gasteiger partial charge in [0.15, 0.2) is 0 Å². The van der Waals surface area contributed by atoms with Gasteiger partial charge >= 0.3 is 5.97 Å². The van der Waals surface area contributed by atoms with Crippen molar-refractivity contribution in [3.05, 3.63) is 76.5 Å². The average Bonchev–Trinajstić information content (AvgIpc) is 3.52. The zero-order chi connectivity index (χ0) is 25.4. The Balaban J connectivity index is 1.30. The van der Waals surface area contributed by atoms with Gasteiger partial charge in [0.2, 0.25) is 0 Å². The molecule has 36 heavy (non-hydrogen) atoms. The highest BCUT2D eigenvalue weighted by molar-refractivity contribution is 6.34. The molecule has 1 aliphatic heterocycles. The fourth-order valence-electron chi connectivity index (χ4n) is 4.14. The Morgan fingerprint density at radius 3 is 2.72 bits per heavy atom. The minimum atomic E-state index is -1.07. The van der Waals surface area contributed by atoms with E-state index in [9.17, 15) is 19.5 Å². The van der Waals surface area contributed by atoms with Crippen molar-refractivity contribution >= 4 is 40.8 Å². The van der Waals surface area contributed by atoms with Crippen LogP contribution in [0, 0.1) is 11.8 Å². The third kappa shape index (κ3) is 4.90. The molecule has 1 fully saturated rings. The van der Waals surface area contributed by atoms with E-state index < -0.39 is 11.9 Å². The summed E-state index contributed by atoms with van der Waals surface area (Å²) in [6, 6.07) is 14.9. The summed E-state index contributed by atoms with van der Waals surface area (Å²) in [5, 5.41) is 18.1. The van der Waals surface area contributed by atoms with E-state index in [0.717, 1.165) is 12.8 Å². The summed E-state index contributed by atoms with van der Waals surface area (Å²) < 4.78 is 6.02. The van der Waals surface area contributed by atoms with Crippen molar-refractivity contribution in [2.24, 2.45) is 16.9 Å². The molecule has 184 valence electrons. The maximum absolute atomic E-state index is 13.1. The number of amides is 2. The summed E-state index contributed by atoms with van der Waals surface area (Å²) in [7, 11) is 0. The number of carbonyl (C=O) groups is 3. The topological polar surface area (TPSA) is 112 Å². The minimum absolute atomic E-state index is 0.0795. The number of hydrazone groups is 1. The number of nitrogens with zero attached hydrogens (tertiary/aromatic N) is 2. The van der Waals surface area contributed by atoms with Gasteiger partial charge in [-0.15, -0.1) is 0 Å². The number of aromatic carboxylic acids is 1. The zero-order valence-electron chi connectivity index (χ0n) is 19.5. The second-order valence-corrected chi connectivity index (χ2v) is 9.52. The van der Waals surface area contributed by atoms with E-state index in [1.54, 1.807) is 49.4 Å². The number of furan rings is 1. The number of benzene rings is 2. The van der Waals surface area contributed by atoms with Crippen molar-refractivity contribution in [2.45, 2.75) is 26.2 Å². The molecule has 5 rings (SSSR count). The molecule has 0 saturated heterocycles. The standard InChI is InChI=1S/C27H24ClN3O5/c1-15-21(26(33)31(30-15)19-4-2-3-18(11-19)27(34)35)13-20-8-10-24(36-20)17-7-9-23(28)22(12-17)25(32)29-14-16-5-6-16/h2-4,7-12,16,21H,5-6,13-14H2,1H3,(H,29,32)(H,34,35). The molecule has 2 N–H and O–H groups in total. The van der Waals surface area contributed by atoms with Crippen LogP contribution in [0.2, 0.25) is 5.02 Å². The molecule has 0 radical (unpaired) electrons. The molecular formula is C27H24ClN3O5. The smallest absolute Gasteiger partial charge is 0.335 e. The van der Waals surface area contributed by atoms with E-state index in [0.29, 0.717) is 58.0 Å². The molecule has 8 nitrogen and oxygen atoms in total. The summed E-state index contributed by atoms with van der Waals surface area (Å²) >= 11 is 6.27. The van der Waals surface area contributed by atoms with E-state index in [2.05, 4.69) is 10.4 Å². The monoisotopic (exact) mass is 505 g/mol. The SMILES string of the molecule is CC1=NN(c2cccc(C(=O)O)c2)C(=O)C1Cc1ccc(-c2ccc(Cl)c(C(=O)NCC3CC3)c2)o1. The van der Waals surface area contributed by atoms with Gasteiger partial charge in [-0.3, -0.25) is 9.59 Å². The van der Waals surface area contributed by atoms with Crippen LogP contribution in [-0.4, -0.2) is 35.1 Å². The lowest BCUT2D eigenvalue weighted by molar-refractivity contribution is -0.119. The molecule has 9 heteroatoms. The van der Waals surface area contributed by atoms with E-state index in [1.807, 2.05) is 0 Å². The first-order valence-corrected chi connectivity index (χ1v) is 12.1. The van der Waals surface area contributed by atoms with Crippen LogP contribution in [0.3, 0.4) is 0 Å². The lowest BCUT2D eigenvalue weighted by atomic mass is 9.99. The van der Waals surface area contributed by atoms with Crippen molar-refractivity contribution in [2.75, 3.05) is 11.6 Å². The third-order valence-corrected chi connectivity index (χ3v) is 6.75. The maximum Gasteiger partial charge on any atom is 0.335 e. The molecule has 0 bridgehead atoms. The fraction of sp³-hybridized carbons (Fsp3) is 0.259. The van der Waals surface area contributed by atoms with Gasteiger partial charge in [-0.25, -0.2) is 9.80 Å².